The van der Waals surface area contributed by atoms with E-state index >= 15 is 0 Å². The fraction of sp³-hybridized carbons (Fsp3) is 0.238. The van der Waals surface area contributed by atoms with E-state index in [2.05, 4.69) is 15.0 Å². The molecule has 2 aromatic carbocycles. The smallest absolute Gasteiger partial charge is 0.406 e. The van der Waals surface area contributed by atoms with Gasteiger partial charge in [-0.2, -0.15) is 0 Å². The number of hydrogen-bond donors (Lipinski definition) is 2. The number of fused-ring (bicyclic) bond motifs is 1. The van der Waals surface area contributed by atoms with Crippen molar-refractivity contribution in [3.05, 3.63) is 59.8 Å². The lowest BCUT2D eigenvalue weighted by Crippen LogP contribution is -2.34. The molecule has 3 aromatic rings. The number of nitrogens with one attached hydrogen (secondary N) is 2. The molecule has 2 N–H and O–H groups in total. The van der Waals surface area contributed by atoms with E-state index in [-0.39, 0.29) is 24.6 Å². The zero-order valence-electron chi connectivity index (χ0n) is 16.3. The number of aromatic amines is 1. The summed E-state index contributed by atoms with van der Waals surface area (Å²) in [4.78, 5) is 29.7. The van der Waals surface area contributed by atoms with E-state index in [0.717, 1.165) is 28.7 Å². The number of amides is 1. The van der Waals surface area contributed by atoms with Crippen molar-refractivity contribution in [2.24, 2.45) is 0 Å². The minimum absolute atomic E-state index is 0.0362. The van der Waals surface area contributed by atoms with Crippen LogP contribution in [-0.4, -0.2) is 48.1 Å². The highest BCUT2D eigenvalue weighted by molar-refractivity contribution is 6.10. The molecule has 9 heteroatoms. The predicted octanol–water partition coefficient (Wildman–Crippen LogP) is 4.13. The number of anilines is 1. The number of para-hydroxylation sites is 1. The average molecular weight is 419 g/mol. The van der Waals surface area contributed by atoms with E-state index in [1.807, 2.05) is 31.2 Å². The number of likely N-dealkylation sites (N-methyl/N-ethyl adjacent to an activating group) is 1. The number of aromatic nitrogens is 1. The van der Waals surface area contributed by atoms with Gasteiger partial charge in [0.05, 0.1) is 13.1 Å². The van der Waals surface area contributed by atoms with Gasteiger partial charge in [0.25, 0.3) is 0 Å². The summed E-state index contributed by atoms with van der Waals surface area (Å²) in [7, 11) is 1.64. The third-order valence-corrected chi connectivity index (χ3v) is 4.37. The molecule has 0 radical (unpaired) electrons. The van der Waals surface area contributed by atoms with Crippen LogP contribution in [0.3, 0.4) is 0 Å². The van der Waals surface area contributed by atoms with Crippen molar-refractivity contribution in [1.82, 2.24) is 9.88 Å². The van der Waals surface area contributed by atoms with Gasteiger partial charge in [0, 0.05) is 27.8 Å². The van der Waals surface area contributed by atoms with Crippen LogP contribution in [0.25, 0.3) is 10.9 Å². The van der Waals surface area contributed by atoms with E-state index in [9.17, 15) is 22.8 Å². The van der Waals surface area contributed by atoms with Gasteiger partial charge in [-0.1, -0.05) is 18.2 Å². The fourth-order valence-corrected chi connectivity index (χ4v) is 3.20. The molecule has 3 rings (SSSR count). The third-order valence-electron chi connectivity index (χ3n) is 4.37. The van der Waals surface area contributed by atoms with Crippen molar-refractivity contribution >= 4 is 28.3 Å². The zero-order valence-corrected chi connectivity index (χ0v) is 16.3. The van der Waals surface area contributed by atoms with E-state index in [0.29, 0.717) is 11.3 Å². The van der Waals surface area contributed by atoms with Gasteiger partial charge in [-0.15, -0.1) is 13.2 Å². The first-order valence-corrected chi connectivity index (χ1v) is 9.07. The first kappa shape index (κ1) is 21.4. The molecule has 0 atom stereocenters. The number of ether oxygens (including phenoxy) is 1. The second-order valence-electron chi connectivity index (χ2n) is 6.89. The maximum atomic E-state index is 12.7. The number of carbonyl (C=O) groups is 2. The van der Waals surface area contributed by atoms with Crippen LogP contribution >= 0.6 is 0 Å². The van der Waals surface area contributed by atoms with Crippen molar-refractivity contribution < 1.29 is 27.5 Å². The molecule has 0 saturated carbocycles. The summed E-state index contributed by atoms with van der Waals surface area (Å²) in [5.74, 6) is -0.892. The molecule has 0 bridgehead atoms. The summed E-state index contributed by atoms with van der Waals surface area (Å²) >= 11 is 0. The number of carbonyl (C=O) groups excluding carboxylic acids is 2. The summed E-state index contributed by atoms with van der Waals surface area (Å²) in [6.45, 7) is 1.80. The lowest BCUT2D eigenvalue weighted by atomic mass is 10.1. The zero-order chi connectivity index (χ0) is 21.9. The van der Waals surface area contributed by atoms with E-state index < -0.39 is 12.3 Å². The van der Waals surface area contributed by atoms with Crippen LogP contribution in [0.5, 0.6) is 5.75 Å². The molecular formula is C21H20F3N3O3. The Morgan fingerprint density at radius 1 is 1.07 bits per heavy atom. The highest BCUT2D eigenvalue weighted by Crippen LogP contribution is 2.24. The molecule has 0 aliphatic rings. The molecule has 1 amide bonds. The summed E-state index contributed by atoms with van der Waals surface area (Å²) < 4.78 is 40.3. The number of Topliss-reactive ketones (excluding diaryl/α,β-unsaturated/α-hetero) is 1. The standard InChI is InChI=1S/C21H20F3N3O3/c1-13-20(16-5-3-4-6-17(16)25-13)18(28)11-27(2)12-19(29)26-14-7-9-15(10-8-14)30-21(22,23)24/h3-10,25H,11-12H2,1-2H3,(H,26,29). The molecule has 0 saturated heterocycles. The molecule has 30 heavy (non-hydrogen) atoms. The Hall–Kier alpha value is -3.33. The van der Waals surface area contributed by atoms with Gasteiger partial charge in [-0.3, -0.25) is 14.5 Å². The molecule has 0 spiro atoms. The molecule has 0 aliphatic heterocycles. The van der Waals surface area contributed by atoms with Crippen molar-refractivity contribution in [3.63, 3.8) is 0 Å². The number of H-pyrrole nitrogens is 1. The van der Waals surface area contributed by atoms with Gasteiger partial charge < -0.3 is 15.0 Å². The van der Waals surface area contributed by atoms with Crippen LogP contribution in [0, 0.1) is 6.92 Å². The van der Waals surface area contributed by atoms with Crippen LogP contribution in [0.2, 0.25) is 0 Å². The minimum atomic E-state index is -4.77. The van der Waals surface area contributed by atoms with Gasteiger partial charge in [0.15, 0.2) is 5.78 Å². The quantitative estimate of drug-likeness (QED) is 0.565. The Kier molecular flexibility index (Phi) is 6.12. The predicted molar refractivity (Wildman–Crippen MR) is 107 cm³/mol. The Morgan fingerprint density at radius 3 is 2.40 bits per heavy atom. The number of ketones is 1. The number of halogens is 3. The number of rotatable bonds is 7. The Balaban J connectivity index is 1.56. The van der Waals surface area contributed by atoms with Crippen LogP contribution < -0.4 is 10.1 Å². The molecule has 0 fully saturated rings. The Bertz CT molecular complexity index is 1060. The molecule has 158 valence electrons. The SMILES string of the molecule is Cc1[nH]c2ccccc2c1C(=O)CN(C)CC(=O)Nc1ccc(OC(F)(F)F)cc1. The Morgan fingerprint density at radius 2 is 1.73 bits per heavy atom. The second-order valence-corrected chi connectivity index (χ2v) is 6.89. The number of aryl methyl sites for hydroxylation is 1. The van der Waals surface area contributed by atoms with Crippen molar-refractivity contribution in [3.8, 4) is 5.75 Å². The highest BCUT2D eigenvalue weighted by Gasteiger charge is 2.31. The maximum Gasteiger partial charge on any atom is 0.573 e. The van der Waals surface area contributed by atoms with Gasteiger partial charge >= 0.3 is 6.36 Å². The largest absolute Gasteiger partial charge is 0.573 e. The van der Waals surface area contributed by atoms with E-state index in [4.69, 9.17) is 0 Å². The third kappa shape index (κ3) is 5.38. The number of alkyl halides is 3. The average Bonchev–Trinajstić information content (AvgIpc) is 2.97. The lowest BCUT2D eigenvalue weighted by molar-refractivity contribution is -0.274. The van der Waals surface area contributed by atoms with Gasteiger partial charge in [0.2, 0.25) is 5.91 Å². The van der Waals surface area contributed by atoms with Crippen molar-refractivity contribution in [2.75, 3.05) is 25.5 Å². The van der Waals surface area contributed by atoms with Crippen molar-refractivity contribution in [2.45, 2.75) is 13.3 Å². The molecule has 0 unspecified atom stereocenters. The van der Waals surface area contributed by atoms with Gasteiger partial charge in [-0.05, 0) is 44.3 Å². The normalized spacial score (nSPS) is 11.7. The Labute approximate surface area is 170 Å². The summed E-state index contributed by atoms with van der Waals surface area (Å²) in [6.07, 6.45) is -4.77. The molecule has 0 aliphatic carbocycles. The van der Waals surface area contributed by atoms with E-state index in [1.54, 1.807) is 11.9 Å². The van der Waals surface area contributed by atoms with Crippen LogP contribution in [0.4, 0.5) is 18.9 Å². The van der Waals surface area contributed by atoms with Crippen LogP contribution in [0.15, 0.2) is 48.5 Å². The molecule has 6 nitrogen and oxygen atoms in total. The topological polar surface area (TPSA) is 74.4 Å². The molecular weight excluding hydrogens is 399 g/mol. The van der Waals surface area contributed by atoms with E-state index in [1.165, 1.54) is 12.1 Å². The number of hydrogen-bond acceptors (Lipinski definition) is 4. The first-order chi connectivity index (χ1) is 14.1. The summed E-state index contributed by atoms with van der Waals surface area (Å²) in [6, 6.07) is 12.3. The minimum Gasteiger partial charge on any atom is -0.406 e. The fourth-order valence-electron chi connectivity index (χ4n) is 3.20. The van der Waals surface area contributed by atoms with Gasteiger partial charge in [0.1, 0.15) is 5.75 Å². The van der Waals surface area contributed by atoms with Crippen LogP contribution in [-0.2, 0) is 4.79 Å². The second kappa shape index (κ2) is 8.58. The lowest BCUT2D eigenvalue weighted by Gasteiger charge is -2.16. The monoisotopic (exact) mass is 419 g/mol. The van der Waals surface area contributed by atoms with Gasteiger partial charge in [-0.25, -0.2) is 0 Å². The number of benzene rings is 2. The first-order valence-electron chi connectivity index (χ1n) is 9.07. The molecule has 1 aromatic heterocycles. The highest BCUT2D eigenvalue weighted by atomic mass is 19.4. The van der Waals surface area contributed by atoms with Crippen molar-refractivity contribution in [1.29, 1.82) is 0 Å². The maximum absolute atomic E-state index is 12.7. The number of nitrogens with zero attached hydrogens (tertiary/aromatic N) is 1. The summed E-state index contributed by atoms with van der Waals surface area (Å²) in [5.41, 5.74) is 2.55. The molecule has 1 heterocycles. The van der Waals surface area contributed by atoms with Crippen LogP contribution in [0.1, 0.15) is 16.1 Å². The summed E-state index contributed by atoms with van der Waals surface area (Å²) in [5, 5.41) is 3.41.